The molecule has 5 aliphatic carbocycles. The van der Waals surface area contributed by atoms with Gasteiger partial charge in [0.15, 0.2) is 5.78 Å². The van der Waals surface area contributed by atoms with Gasteiger partial charge in [-0.2, -0.15) is 0 Å². The first-order chi connectivity index (χ1) is 26.1. The molecule has 7 heteroatoms. The predicted molar refractivity (Wildman–Crippen MR) is 230 cm³/mol. The number of likely N-dealkylation sites (N-methyl/N-ethyl adjacent to an activating group) is 1. The molecule has 6 nitrogen and oxygen atoms in total. The minimum absolute atomic E-state index is 0.0967. The van der Waals surface area contributed by atoms with Crippen LogP contribution in [-0.2, 0) is 16.1 Å². The average Bonchev–Trinajstić information content (AvgIpc) is 3.42. The summed E-state index contributed by atoms with van der Waals surface area (Å²) in [7, 11) is 4.25. The number of rotatable bonds is 14. The Kier molecular flexibility index (Phi) is 12.4. The molecule has 0 radical (unpaired) electrons. The number of fused-ring (bicyclic) bond motifs is 7. The average molecular weight is 792 g/mol. The van der Waals surface area contributed by atoms with Crippen LogP contribution in [0.1, 0.15) is 125 Å². The van der Waals surface area contributed by atoms with E-state index >= 15 is 0 Å². The molecular formula is C49H75ClN2O4. The molecule has 312 valence electrons. The van der Waals surface area contributed by atoms with Crippen LogP contribution in [0.4, 0.5) is 0 Å². The number of aliphatic hydroxyl groups is 1. The first kappa shape index (κ1) is 43.3. The lowest BCUT2D eigenvalue weighted by atomic mass is 9.38. The van der Waals surface area contributed by atoms with Crippen molar-refractivity contribution >= 4 is 17.4 Å². The van der Waals surface area contributed by atoms with Gasteiger partial charge in [-0.15, -0.1) is 0 Å². The Labute approximate surface area is 345 Å². The van der Waals surface area contributed by atoms with Gasteiger partial charge < -0.3 is 19.8 Å². The monoisotopic (exact) mass is 791 g/mol. The number of halogens is 1. The first-order valence-electron chi connectivity index (χ1n) is 22.0. The normalized spacial score (nSPS) is 34.9. The van der Waals surface area contributed by atoms with Crippen LogP contribution in [0.2, 0.25) is 5.02 Å². The van der Waals surface area contributed by atoms with Crippen LogP contribution in [-0.4, -0.2) is 65.6 Å². The van der Waals surface area contributed by atoms with E-state index in [0.717, 1.165) is 50.3 Å². The lowest BCUT2D eigenvalue weighted by molar-refractivity contribution is -0.182. The van der Waals surface area contributed by atoms with Crippen molar-refractivity contribution in [1.29, 1.82) is 0 Å². The Balaban J connectivity index is 1.25. The summed E-state index contributed by atoms with van der Waals surface area (Å²) in [5.41, 5.74) is 3.75. The van der Waals surface area contributed by atoms with E-state index < -0.39 is 5.41 Å². The first-order valence-corrected chi connectivity index (χ1v) is 22.4. The largest absolute Gasteiger partial charge is 0.512 e. The van der Waals surface area contributed by atoms with Crippen molar-refractivity contribution in [2.45, 2.75) is 132 Å². The summed E-state index contributed by atoms with van der Waals surface area (Å²) in [6, 6.07) is 5.34. The fourth-order valence-electron chi connectivity index (χ4n) is 13.6. The van der Waals surface area contributed by atoms with Gasteiger partial charge in [0.1, 0.15) is 11.9 Å². The molecule has 2 N–H and O–H groups in total. The molecule has 0 bridgehead atoms. The quantitative estimate of drug-likeness (QED) is 0.183. The summed E-state index contributed by atoms with van der Waals surface area (Å²) < 4.78 is 6.65. The molecule has 4 saturated carbocycles. The zero-order valence-electron chi connectivity index (χ0n) is 36.6. The molecule has 0 aliphatic heterocycles. The Hall–Kier alpha value is -2.28. The van der Waals surface area contributed by atoms with Gasteiger partial charge in [-0.3, -0.25) is 9.69 Å². The molecule has 0 amide bonds. The van der Waals surface area contributed by atoms with Crippen LogP contribution in [0.3, 0.4) is 0 Å². The van der Waals surface area contributed by atoms with Gasteiger partial charge in [-0.25, -0.2) is 0 Å². The number of allylic oxidation sites excluding steroid dienone is 4. The SMILES string of the molecule is C=C(CC(C)(C)C(=C)O)OC1CCC2(C)C(CCC3(C)C4CCC5(C(C)CN(CCN(C)C)Cc6ccc(O)cc6Cl)CC(=O)C(C(C)C)=C5C4CCC32)C1C. The number of phenolic OH excluding ortho intramolecular Hbond substituents is 1. The molecule has 4 fully saturated rings. The number of phenols is 1. The van der Waals surface area contributed by atoms with Gasteiger partial charge in [0, 0.05) is 54.9 Å². The maximum atomic E-state index is 14.3. The van der Waals surface area contributed by atoms with Crippen LogP contribution < -0.4 is 0 Å². The Morgan fingerprint density at radius 1 is 1.00 bits per heavy atom. The van der Waals surface area contributed by atoms with Crippen molar-refractivity contribution in [3.05, 3.63) is 64.6 Å². The second-order valence-corrected chi connectivity index (χ2v) is 21.5. The topological polar surface area (TPSA) is 73.2 Å². The number of carbonyl (C=O) groups excluding carboxylic acids is 1. The number of aromatic hydroxyl groups is 1. The predicted octanol–water partition coefficient (Wildman–Crippen LogP) is 11.6. The van der Waals surface area contributed by atoms with Gasteiger partial charge >= 0.3 is 0 Å². The van der Waals surface area contributed by atoms with Crippen LogP contribution >= 0.6 is 11.6 Å². The minimum atomic E-state index is -0.452. The molecule has 5 aliphatic rings. The van der Waals surface area contributed by atoms with Crippen molar-refractivity contribution in [2.75, 3.05) is 33.7 Å². The summed E-state index contributed by atoms with van der Waals surface area (Å²) in [5.74, 6) is 4.90. The van der Waals surface area contributed by atoms with Gasteiger partial charge in [0.25, 0.3) is 0 Å². The van der Waals surface area contributed by atoms with Crippen LogP contribution in [0.5, 0.6) is 5.75 Å². The second-order valence-electron chi connectivity index (χ2n) is 21.1. The number of benzene rings is 1. The van der Waals surface area contributed by atoms with Crippen LogP contribution in [0.25, 0.3) is 0 Å². The highest BCUT2D eigenvalue weighted by molar-refractivity contribution is 6.31. The third kappa shape index (κ3) is 7.79. The molecule has 0 aromatic heterocycles. The Bertz CT molecular complexity index is 1700. The molecule has 10 atom stereocenters. The van der Waals surface area contributed by atoms with E-state index in [1.54, 1.807) is 17.7 Å². The highest BCUT2D eigenvalue weighted by atomic mass is 35.5. The van der Waals surface area contributed by atoms with Crippen molar-refractivity contribution in [3.63, 3.8) is 0 Å². The van der Waals surface area contributed by atoms with Crippen molar-refractivity contribution in [3.8, 4) is 5.75 Å². The molecule has 1 aromatic carbocycles. The van der Waals surface area contributed by atoms with Gasteiger partial charge in [-0.05, 0) is 141 Å². The Morgan fingerprint density at radius 3 is 2.30 bits per heavy atom. The molecule has 0 heterocycles. The number of nitrogens with zero attached hydrogens (tertiary/aromatic N) is 2. The lowest BCUT2D eigenvalue weighted by Crippen LogP contribution is -2.61. The number of Topliss-reactive ketones (excluding diaryl/α,β-unsaturated/α-hetero) is 1. The minimum Gasteiger partial charge on any atom is -0.512 e. The summed E-state index contributed by atoms with van der Waals surface area (Å²) in [6.07, 6.45) is 10.9. The number of hydrogen-bond donors (Lipinski definition) is 2. The number of ketones is 1. The molecule has 10 unspecified atom stereocenters. The third-order valence-corrected chi connectivity index (χ3v) is 17.0. The van der Waals surface area contributed by atoms with Gasteiger partial charge in [0.05, 0.1) is 11.5 Å². The zero-order valence-corrected chi connectivity index (χ0v) is 37.4. The molecule has 1 aromatic rings. The smallest absolute Gasteiger partial charge is 0.159 e. The number of aliphatic hydroxyl groups excluding tert-OH is 1. The van der Waals surface area contributed by atoms with Gasteiger partial charge in [0.2, 0.25) is 0 Å². The summed E-state index contributed by atoms with van der Waals surface area (Å²) in [5, 5.41) is 20.8. The summed E-state index contributed by atoms with van der Waals surface area (Å²) >= 11 is 6.68. The van der Waals surface area contributed by atoms with Crippen LogP contribution in [0.15, 0.2) is 54.0 Å². The fourth-order valence-corrected chi connectivity index (χ4v) is 13.9. The summed E-state index contributed by atoms with van der Waals surface area (Å²) in [4.78, 5) is 19.1. The van der Waals surface area contributed by atoms with Crippen molar-refractivity contribution in [2.24, 2.45) is 63.1 Å². The fraction of sp³-hybridized carbons (Fsp3) is 0.735. The maximum absolute atomic E-state index is 14.3. The molecule has 0 spiro atoms. The number of ether oxygens (including phenoxy) is 1. The van der Waals surface area contributed by atoms with E-state index in [9.17, 15) is 15.0 Å². The van der Waals surface area contributed by atoms with Crippen LogP contribution in [0, 0.1) is 63.1 Å². The van der Waals surface area contributed by atoms with Crippen molar-refractivity contribution in [1.82, 2.24) is 9.80 Å². The molecule has 0 saturated heterocycles. The lowest BCUT2D eigenvalue weighted by Gasteiger charge is -2.67. The van der Waals surface area contributed by atoms with Crippen molar-refractivity contribution < 1.29 is 19.7 Å². The zero-order chi connectivity index (χ0) is 41.1. The van der Waals surface area contributed by atoms with E-state index in [1.165, 1.54) is 44.1 Å². The van der Waals surface area contributed by atoms with E-state index in [4.69, 9.17) is 16.3 Å². The van der Waals surface area contributed by atoms with Gasteiger partial charge in [-0.1, -0.05) is 91.8 Å². The van der Waals surface area contributed by atoms with E-state index in [1.807, 2.05) is 19.9 Å². The highest BCUT2D eigenvalue weighted by Gasteiger charge is 2.65. The third-order valence-electron chi connectivity index (χ3n) is 16.7. The van der Waals surface area contributed by atoms with E-state index in [0.29, 0.717) is 59.2 Å². The molecule has 56 heavy (non-hydrogen) atoms. The number of hydrogen-bond acceptors (Lipinski definition) is 6. The standard InChI is InChI=1S/C49H75ClN2O4/c1-30(2)44-41(55)27-49(31(3)28-52(24-23-51(11)12)29-35-13-14-36(54)25-40(35)50)22-18-39-37(45(44)49)15-16-43-47(9)21-19-42(33(5)38(47)17-20-48(39,43)10)56-32(4)26-46(7,8)34(6)53/h13-14,25,30-31,33,37-39,42-43,53-54H,4,6,15-24,26-29H2,1-3,5,7-12H3. The maximum Gasteiger partial charge on any atom is 0.159 e. The summed E-state index contributed by atoms with van der Waals surface area (Å²) in [6.45, 7) is 30.3. The highest BCUT2D eigenvalue weighted by Crippen LogP contribution is 2.72. The van der Waals surface area contributed by atoms with E-state index in [-0.39, 0.29) is 39.8 Å². The second kappa shape index (κ2) is 16.1. The number of carbonyl (C=O) groups is 1. The van der Waals surface area contributed by atoms with E-state index in [2.05, 4.69) is 78.6 Å². The molecular weight excluding hydrogens is 716 g/mol. The Morgan fingerprint density at radius 2 is 1.66 bits per heavy atom. The molecule has 6 rings (SSSR count).